The number of hydrogen-bond donors (Lipinski definition) is 8. The summed E-state index contributed by atoms with van der Waals surface area (Å²) in [6.07, 6.45) is 0.137. The number of carboxylic acid groups (broad SMARTS) is 3. The van der Waals surface area contributed by atoms with E-state index in [1.807, 2.05) is 0 Å². The molecule has 15 nitrogen and oxygen atoms in total. The highest BCUT2D eigenvalue weighted by Crippen LogP contribution is 2.32. The number of carbonyl (C=O) groups excluding carboxylic acids is 2. The zero-order valence-corrected chi connectivity index (χ0v) is 21.2. The number of Topliss-reactive ketones (excluding diaryl/α,β-unsaturated/α-hetero) is 1. The summed E-state index contributed by atoms with van der Waals surface area (Å²) in [6.45, 7) is 0. The molecule has 0 bridgehead atoms. The number of aromatic hydroxyl groups is 1. The van der Waals surface area contributed by atoms with Crippen molar-refractivity contribution in [3.05, 3.63) is 41.0 Å². The zero-order chi connectivity index (χ0) is 29.6. The molecule has 2 unspecified atom stereocenters. The summed E-state index contributed by atoms with van der Waals surface area (Å²) < 4.78 is 0. The summed E-state index contributed by atoms with van der Waals surface area (Å²) in [6, 6.07) is 3.27. The van der Waals surface area contributed by atoms with Crippen molar-refractivity contribution in [2.24, 2.45) is 11.7 Å². The van der Waals surface area contributed by atoms with Crippen molar-refractivity contribution < 1.29 is 44.4 Å². The zero-order valence-electron chi connectivity index (χ0n) is 21.2. The fourth-order valence-corrected chi connectivity index (χ4v) is 4.36. The molecule has 0 spiro atoms. The molecule has 0 radical (unpaired) electrons. The molecule has 3 rings (SSSR count). The predicted molar refractivity (Wildman–Crippen MR) is 138 cm³/mol. The Morgan fingerprint density at radius 1 is 1.05 bits per heavy atom. The number of benzene rings is 1. The number of nitrogens with zero attached hydrogens (tertiary/aromatic N) is 2. The minimum absolute atomic E-state index is 0.0163. The number of carbonyl (C=O) groups is 5. The number of carboxylic acids is 3. The van der Waals surface area contributed by atoms with Crippen molar-refractivity contribution in [3.8, 4) is 5.88 Å². The summed E-state index contributed by atoms with van der Waals surface area (Å²) in [5.41, 5.74) is 12.6. The van der Waals surface area contributed by atoms with Crippen molar-refractivity contribution in [2.75, 3.05) is 11.1 Å². The Balaban J connectivity index is 1.63. The van der Waals surface area contributed by atoms with Crippen LogP contribution in [-0.4, -0.2) is 78.1 Å². The number of amides is 1. The summed E-state index contributed by atoms with van der Waals surface area (Å²) >= 11 is 0. The van der Waals surface area contributed by atoms with E-state index in [9.17, 15) is 34.2 Å². The maximum absolute atomic E-state index is 12.9. The highest BCUT2D eigenvalue weighted by atomic mass is 16.4. The maximum Gasteiger partial charge on any atom is 0.320 e. The van der Waals surface area contributed by atoms with Crippen molar-refractivity contribution in [2.45, 2.75) is 56.7 Å². The molecule has 0 saturated heterocycles. The number of anilines is 2. The Bertz CT molecular complexity index is 1300. The van der Waals surface area contributed by atoms with Gasteiger partial charge in [-0.2, -0.15) is 9.97 Å². The van der Waals surface area contributed by atoms with Crippen LogP contribution in [0.15, 0.2) is 24.3 Å². The molecule has 1 amide bonds. The molecule has 1 aromatic carbocycles. The molecule has 0 fully saturated rings. The van der Waals surface area contributed by atoms with Gasteiger partial charge in [0.1, 0.15) is 17.8 Å². The van der Waals surface area contributed by atoms with Gasteiger partial charge in [-0.3, -0.25) is 24.0 Å². The first-order valence-corrected chi connectivity index (χ1v) is 12.3. The van der Waals surface area contributed by atoms with E-state index in [0.717, 1.165) is 5.56 Å². The minimum atomic E-state index is -1.85. The van der Waals surface area contributed by atoms with E-state index in [2.05, 4.69) is 20.6 Å². The molecule has 2 heterocycles. The average Bonchev–Trinajstić information content (AvgIpc) is 3.31. The maximum atomic E-state index is 12.9. The molecule has 4 atom stereocenters. The molecule has 1 aliphatic heterocycles. The lowest BCUT2D eigenvalue weighted by molar-refractivity contribution is -0.148. The van der Waals surface area contributed by atoms with Crippen LogP contribution in [0.3, 0.4) is 0 Å². The largest absolute Gasteiger partial charge is 0.493 e. The summed E-state index contributed by atoms with van der Waals surface area (Å²) in [5, 5.41) is 43.0. The molecule has 1 aromatic heterocycles. The standard InChI is InChI=1S/C25H30N6O9/c26-16(24(39)40)10-14(23(37)38)19(34)17(7-8-18(32)33)29-21(35)12-4-1-11(2-5-12)3-6-13-9-15-20(28-13)30-25(27)31-22(15)36/h1-2,4-5,13-14,16-17H,3,6-10,26H2,(H,29,35)(H,32,33)(H,37,38)(H,39,40)(H4,27,28,30,31,36)/t13?,14?,16-,17-/m0/s1. The summed E-state index contributed by atoms with van der Waals surface area (Å²) in [5.74, 6) is -7.74. The smallest absolute Gasteiger partial charge is 0.320 e. The van der Waals surface area contributed by atoms with Crippen molar-refractivity contribution in [1.82, 2.24) is 15.3 Å². The van der Waals surface area contributed by atoms with Crippen LogP contribution in [-0.2, 0) is 32.0 Å². The highest BCUT2D eigenvalue weighted by Gasteiger charge is 2.36. The molecule has 1 aliphatic rings. The second-order valence-electron chi connectivity index (χ2n) is 9.45. The summed E-state index contributed by atoms with van der Waals surface area (Å²) in [4.78, 5) is 67.4. The van der Waals surface area contributed by atoms with Crippen LogP contribution in [0.5, 0.6) is 5.88 Å². The van der Waals surface area contributed by atoms with Crippen LogP contribution in [0.4, 0.5) is 11.8 Å². The van der Waals surface area contributed by atoms with E-state index < -0.39 is 66.9 Å². The molecule has 214 valence electrons. The number of aryl methyl sites for hydroxylation is 1. The van der Waals surface area contributed by atoms with Gasteiger partial charge in [-0.25, -0.2) is 0 Å². The molecule has 2 aromatic rings. The highest BCUT2D eigenvalue weighted by molar-refractivity contribution is 6.04. The third-order valence-electron chi connectivity index (χ3n) is 6.54. The molecule has 0 aliphatic carbocycles. The minimum Gasteiger partial charge on any atom is -0.493 e. The molecule has 15 heteroatoms. The Morgan fingerprint density at radius 2 is 1.73 bits per heavy atom. The number of rotatable bonds is 14. The Labute approximate surface area is 227 Å². The number of nitrogens with one attached hydrogen (secondary N) is 2. The van der Waals surface area contributed by atoms with Crippen LogP contribution in [0, 0.1) is 5.92 Å². The van der Waals surface area contributed by atoms with Crippen molar-refractivity contribution in [1.29, 1.82) is 0 Å². The Hall–Kier alpha value is -4.79. The summed E-state index contributed by atoms with van der Waals surface area (Å²) in [7, 11) is 0. The van der Waals surface area contributed by atoms with Gasteiger partial charge in [0, 0.05) is 24.4 Å². The number of ketones is 1. The second kappa shape index (κ2) is 12.8. The van der Waals surface area contributed by atoms with Gasteiger partial charge in [0.2, 0.25) is 11.8 Å². The van der Waals surface area contributed by atoms with Crippen molar-refractivity contribution >= 4 is 41.4 Å². The van der Waals surface area contributed by atoms with Gasteiger partial charge in [0.25, 0.3) is 5.91 Å². The number of nitrogens with two attached hydrogens (primary N) is 2. The molecular formula is C25H30N6O9. The lowest BCUT2D eigenvalue weighted by Crippen LogP contribution is -2.47. The first-order valence-electron chi connectivity index (χ1n) is 12.3. The number of aromatic nitrogens is 2. The fraction of sp³-hybridized carbons (Fsp3) is 0.400. The van der Waals surface area contributed by atoms with Gasteiger partial charge in [-0.1, -0.05) is 12.1 Å². The average molecular weight is 559 g/mol. The number of hydrogen-bond acceptors (Lipinski definition) is 11. The van der Waals surface area contributed by atoms with E-state index in [1.165, 1.54) is 12.1 Å². The van der Waals surface area contributed by atoms with Gasteiger partial charge in [0.15, 0.2) is 5.78 Å². The van der Waals surface area contributed by atoms with Crippen LogP contribution in [0.1, 0.15) is 47.2 Å². The van der Waals surface area contributed by atoms with Gasteiger partial charge in [-0.15, -0.1) is 0 Å². The number of fused-ring (bicyclic) bond motifs is 1. The predicted octanol–water partition coefficient (Wildman–Crippen LogP) is -0.231. The van der Waals surface area contributed by atoms with Crippen LogP contribution >= 0.6 is 0 Å². The van der Waals surface area contributed by atoms with E-state index in [4.69, 9.17) is 21.7 Å². The second-order valence-corrected chi connectivity index (χ2v) is 9.45. The first-order chi connectivity index (χ1) is 18.8. The molecule has 40 heavy (non-hydrogen) atoms. The van der Waals surface area contributed by atoms with E-state index in [1.54, 1.807) is 12.1 Å². The Morgan fingerprint density at radius 3 is 2.33 bits per heavy atom. The van der Waals surface area contributed by atoms with Crippen molar-refractivity contribution in [3.63, 3.8) is 0 Å². The van der Waals surface area contributed by atoms with Crippen LogP contribution in [0.2, 0.25) is 0 Å². The number of aliphatic carboxylic acids is 3. The first kappa shape index (κ1) is 29.8. The Kier molecular flexibility index (Phi) is 9.55. The third kappa shape index (κ3) is 7.63. The lowest BCUT2D eigenvalue weighted by atomic mass is 9.89. The van der Waals surface area contributed by atoms with Crippen LogP contribution in [0.25, 0.3) is 0 Å². The fourth-order valence-electron chi connectivity index (χ4n) is 4.36. The van der Waals surface area contributed by atoms with Crippen LogP contribution < -0.4 is 22.1 Å². The van der Waals surface area contributed by atoms with Gasteiger partial charge in [-0.05, 0) is 43.4 Å². The van der Waals surface area contributed by atoms with E-state index >= 15 is 0 Å². The monoisotopic (exact) mass is 558 g/mol. The third-order valence-corrected chi connectivity index (χ3v) is 6.54. The van der Waals surface area contributed by atoms with E-state index in [-0.39, 0.29) is 23.4 Å². The lowest BCUT2D eigenvalue weighted by Gasteiger charge is -2.22. The SMILES string of the molecule is Nc1nc(O)c2c(n1)NC(CCc1ccc(C(=O)N[C@@H](CCC(=O)O)C(=O)C(C[C@H](N)C(=O)O)C(=O)O)cc1)C2. The molecular weight excluding hydrogens is 528 g/mol. The molecule has 10 N–H and O–H groups in total. The molecule has 0 saturated carbocycles. The van der Waals surface area contributed by atoms with Gasteiger partial charge in [0.05, 0.1) is 11.6 Å². The van der Waals surface area contributed by atoms with Gasteiger partial charge < -0.3 is 42.5 Å². The van der Waals surface area contributed by atoms with Gasteiger partial charge >= 0.3 is 17.9 Å². The van der Waals surface area contributed by atoms with E-state index in [0.29, 0.717) is 30.6 Å². The quantitative estimate of drug-likeness (QED) is 0.139. The normalized spacial score (nSPS) is 16.2. The number of nitrogen functional groups attached to an aromatic ring is 1. The topological polar surface area (TPSA) is 268 Å².